The molecule has 0 unspecified atom stereocenters. The first-order valence-electron chi connectivity index (χ1n) is 4.96. The fraction of sp³-hybridized carbons (Fsp3) is 0.600. The Morgan fingerprint density at radius 3 is 2.50 bits per heavy atom. The zero-order valence-electron chi connectivity index (χ0n) is 8.80. The summed E-state index contributed by atoms with van der Waals surface area (Å²) in [6.45, 7) is 1.90. The summed E-state index contributed by atoms with van der Waals surface area (Å²) in [6.07, 6.45) is -0.521. The molecule has 1 aromatic heterocycles. The van der Waals surface area contributed by atoms with Crippen molar-refractivity contribution < 1.29 is 8.78 Å². The maximum absolute atomic E-state index is 13.0. The number of hydrogen-bond acceptors (Lipinski definition) is 3. The van der Waals surface area contributed by atoms with Gasteiger partial charge in [-0.2, -0.15) is 0 Å². The summed E-state index contributed by atoms with van der Waals surface area (Å²) in [7, 11) is 0. The van der Waals surface area contributed by atoms with Gasteiger partial charge < -0.3 is 5.73 Å². The molecule has 0 amide bonds. The number of rotatable bonds is 2. The summed E-state index contributed by atoms with van der Waals surface area (Å²) >= 11 is 5.71. The molecule has 16 heavy (non-hydrogen) atoms. The van der Waals surface area contributed by atoms with Crippen LogP contribution in [0.2, 0.25) is 5.28 Å². The van der Waals surface area contributed by atoms with Crippen LogP contribution in [0, 0.1) is 6.92 Å². The van der Waals surface area contributed by atoms with E-state index in [1.807, 2.05) is 0 Å². The van der Waals surface area contributed by atoms with E-state index in [9.17, 15) is 8.78 Å². The predicted octanol–water partition coefficient (Wildman–Crippen LogP) is 2.06. The van der Waals surface area contributed by atoms with Crippen molar-refractivity contribution in [2.24, 2.45) is 5.73 Å². The van der Waals surface area contributed by atoms with E-state index >= 15 is 0 Å². The summed E-state index contributed by atoms with van der Waals surface area (Å²) < 4.78 is 25.9. The second kappa shape index (κ2) is 3.60. The molecule has 0 bridgehead atoms. The van der Waals surface area contributed by atoms with Gasteiger partial charge in [0, 0.05) is 30.5 Å². The first-order valence-corrected chi connectivity index (χ1v) is 5.34. The molecule has 88 valence electrons. The van der Waals surface area contributed by atoms with Crippen LogP contribution in [0.25, 0.3) is 0 Å². The molecule has 0 radical (unpaired) electrons. The standard InChI is InChI=1S/C10H12ClF2N3/c1-6-2-7(16-8(11)15-6)9(5-14)3-10(12,13)4-9/h2H,3-5,14H2,1H3. The van der Waals surface area contributed by atoms with Gasteiger partial charge in [0.25, 0.3) is 0 Å². The van der Waals surface area contributed by atoms with Gasteiger partial charge in [-0.3, -0.25) is 0 Å². The van der Waals surface area contributed by atoms with Gasteiger partial charge >= 0.3 is 0 Å². The van der Waals surface area contributed by atoms with Crippen LogP contribution >= 0.6 is 11.6 Å². The highest BCUT2D eigenvalue weighted by molar-refractivity contribution is 6.28. The maximum atomic E-state index is 13.0. The van der Waals surface area contributed by atoms with Crippen molar-refractivity contribution in [1.29, 1.82) is 0 Å². The van der Waals surface area contributed by atoms with E-state index in [2.05, 4.69) is 9.97 Å². The average molecular weight is 248 g/mol. The SMILES string of the molecule is Cc1cc(C2(CN)CC(F)(F)C2)nc(Cl)n1. The van der Waals surface area contributed by atoms with Crippen LogP contribution < -0.4 is 5.73 Å². The zero-order chi connectivity index (χ0) is 12.0. The van der Waals surface area contributed by atoms with Crippen molar-refractivity contribution in [1.82, 2.24) is 9.97 Å². The Morgan fingerprint density at radius 1 is 1.44 bits per heavy atom. The van der Waals surface area contributed by atoms with Crippen LogP contribution in [-0.4, -0.2) is 22.4 Å². The molecule has 1 fully saturated rings. The number of nitrogens with zero attached hydrogens (tertiary/aromatic N) is 2. The normalized spacial score (nSPS) is 21.6. The lowest BCUT2D eigenvalue weighted by Crippen LogP contribution is -2.54. The van der Waals surface area contributed by atoms with Gasteiger partial charge in [0.05, 0.1) is 5.69 Å². The Hall–Kier alpha value is -0.810. The predicted molar refractivity (Wildman–Crippen MR) is 56.7 cm³/mol. The number of hydrogen-bond donors (Lipinski definition) is 1. The fourth-order valence-corrected chi connectivity index (χ4v) is 2.40. The average Bonchev–Trinajstić information content (AvgIpc) is 2.11. The van der Waals surface area contributed by atoms with Crippen LogP contribution in [0.3, 0.4) is 0 Å². The molecule has 3 nitrogen and oxygen atoms in total. The first-order chi connectivity index (χ1) is 7.37. The van der Waals surface area contributed by atoms with E-state index in [4.69, 9.17) is 17.3 Å². The number of nitrogens with two attached hydrogens (primary N) is 1. The third kappa shape index (κ3) is 1.89. The lowest BCUT2D eigenvalue weighted by Gasteiger charge is -2.46. The molecule has 1 aromatic rings. The molecule has 0 spiro atoms. The first kappa shape index (κ1) is 11.7. The third-order valence-electron chi connectivity index (χ3n) is 2.96. The molecule has 0 atom stereocenters. The molecule has 1 heterocycles. The highest BCUT2D eigenvalue weighted by Crippen LogP contribution is 2.52. The van der Waals surface area contributed by atoms with Crippen LogP contribution in [0.5, 0.6) is 0 Å². The summed E-state index contributed by atoms with van der Waals surface area (Å²) in [5.41, 5.74) is 6.04. The topological polar surface area (TPSA) is 51.8 Å². The van der Waals surface area contributed by atoms with Gasteiger partial charge in [-0.05, 0) is 24.6 Å². The van der Waals surface area contributed by atoms with Crippen molar-refractivity contribution >= 4 is 11.6 Å². The fourth-order valence-electron chi connectivity index (χ4n) is 2.17. The number of aromatic nitrogens is 2. The van der Waals surface area contributed by atoms with E-state index in [0.29, 0.717) is 11.4 Å². The Morgan fingerprint density at radius 2 is 2.06 bits per heavy atom. The molecular formula is C10H12ClF2N3. The van der Waals surface area contributed by atoms with Crippen LogP contribution in [0.4, 0.5) is 8.78 Å². The summed E-state index contributed by atoms with van der Waals surface area (Å²) in [4.78, 5) is 7.91. The van der Waals surface area contributed by atoms with Crippen LogP contribution in [-0.2, 0) is 5.41 Å². The van der Waals surface area contributed by atoms with E-state index in [0.717, 1.165) is 0 Å². The Balaban J connectivity index is 2.35. The summed E-state index contributed by atoms with van der Waals surface area (Å²) in [5, 5.41) is 0.0815. The molecule has 1 saturated carbocycles. The Labute approximate surface area is 97.0 Å². The quantitative estimate of drug-likeness (QED) is 0.814. The van der Waals surface area contributed by atoms with Crippen molar-refractivity contribution in [2.75, 3.05) is 6.54 Å². The Bertz CT molecular complexity index is 394. The minimum atomic E-state index is -2.63. The monoisotopic (exact) mass is 247 g/mol. The van der Waals surface area contributed by atoms with Crippen molar-refractivity contribution in [3.63, 3.8) is 0 Å². The number of alkyl halides is 2. The second-order valence-electron chi connectivity index (χ2n) is 4.36. The van der Waals surface area contributed by atoms with Crippen molar-refractivity contribution in [2.45, 2.75) is 31.1 Å². The summed E-state index contributed by atoms with van der Waals surface area (Å²) in [6, 6.07) is 1.67. The molecule has 1 aliphatic rings. The summed E-state index contributed by atoms with van der Waals surface area (Å²) in [5.74, 6) is -2.63. The smallest absolute Gasteiger partial charge is 0.250 e. The maximum Gasteiger partial charge on any atom is 0.250 e. The van der Waals surface area contributed by atoms with Gasteiger partial charge in [-0.25, -0.2) is 18.7 Å². The van der Waals surface area contributed by atoms with E-state index in [1.165, 1.54) is 0 Å². The lowest BCUT2D eigenvalue weighted by molar-refractivity contribution is -0.125. The van der Waals surface area contributed by atoms with E-state index in [-0.39, 0.29) is 24.7 Å². The van der Waals surface area contributed by atoms with Gasteiger partial charge in [0.1, 0.15) is 0 Å². The molecule has 0 aliphatic heterocycles. The molecule has 6 heteroatoms. The molecular weight excluding hydrogens is 236 g/mol. The number of halogens is 3. The molecule has 0 aromatic carbocycles. The second-order valence-corrected chi connectivity index (χ2v) is 4.70. The van der Waals surface area contributed by atoms with Gasteiger partial charge in [-0.15, -0.1) is 0 Å². The van der Waals surface area contributed by atoms with Gasteiger partial charge in [-0.1, -0.05) is 0 Å². The van der Waals surface area contributed by atoms with Crippen LogP contribution in [0.15, 0.2) is 6.07 Å². The minimum absolute atomic E-state index is 0.0815. The largest absolute Gasteiger partial charge is 0.330 e. The minimum Gasteiger partial charge on any atom is -0.330 e. The van der Waals surface area contributed by atoms with Crippen LogP contribution in [0.1, 0.15) is 24.2 Å². The molecule has 2 N–H and O–H groups in total. The highest BCUT2D eigenvalue weighted by atomic mass is 35.5. The highest BCUT2D eigenvalue weighted by Gasteiger charge is 2.57. The van der Waals surface area contributed by atoms with Crippen molar-refractivity contribution in [3.8, 4) is 0 Å². The van der Waals surface area contributed by atoms with E-state index in [1.54, 1.807) is 13.0 Å². The van der Waals surface area contributed by atoms with E-state index < -0.39 is 11.3 Å². The molecule has 1 aliphatic carbocycles. The third-order valence-corrected chi connectivity index (χ3v) is 3.12. The lowest BCUT2D eigenvalue weighted by atomic mass is 9.64. The number of aryl methyl sites for hydroxylation is 1. The zero-order valence-corrected chi connectivity index (χ0v) is 9.56. The van der Waals surface area contributed by atoms with Gasteiger partial charge in [0.15, 0.2) is 0 Å². The molecule has 0 saturated heterocycles. The van der Waals surface area contributed by atoms with Crippen molar-refractivity contribution in [3.05, 3.63) is 22.7 Å². The van der Waals surface area contributed by atoms with Gasteiger partial charge in [0.2, 0.25) is 11.2 Å². The Kier molecular flexibility index (Phi) is 2.62. The molecule has 2 rings (SSSR count).